The third-order valence-electron chi connectivity index (χ3n) is 2.93. The first-order chi connectivity index (χ1) is 9.35. The lowest BCUT2D eigenvalue weighted by molar-refractivity contribution is -0.123. The molecule has 1 unspecified atom stereocenters. The van der Waals surface area contributed by atoms with Crippen molar-refractivity contribution in [2.75, 3.05) is 20.8 Å². The molecule has 112 valence electrons. The van der Waals surface area contributed by atoms with Crippen molar-refractivity contribution >= 4 is 5.91 Å². The molecule has 0 radical (unpaired) electrons. The van der Waals surface area contributed by atoms with E-state index in [-0.39, 0.29) is 17.4 Å². The topological polar surface area (TPSA) is 47.6 Å². The van der Waals surface area contributed by atoms with Gasteiger partial charge in [-0.2, -0.15) is 0 Å². The molecule has 1 aromatic rings. The smallest absolute Gasteiger partial charge is 0.220 e. The Morgan fingerprint density at radius 3 is 2.55 bits per heavy atom. The maximum Gasteiger partial charge on any atom is 0.220 e. The van der Waals surface area contributed by atoms with Gasteiger partial charge < -0.3 is 14.8 Å². The molecule has 0 saturated carbocycles. The summed E-state index contributed by atoms with van der Waals surface area (Å²) in [5.74, 6) is 0.827. The van der Waals surface area contributed by atoms with Crippen LogP contribution < -0.4 is 10.1 Å². The third kappa shape index (κ3) is 5.61. The lowest BCUT2D eigenvalue weighted by Gasteiger charge is -2.20. The van der Waals surface area contributed by atoms with Crippen molar-refractivity contribution in [3.05, 3.63) is 29.8 Å². The van der Waals surface area contributed by atoms with Crippen molar-refractivity contribution in [3.8, 4) is 5.75 Å². The van der Waals surface area contributed by atoms with Crippen LogP contribution in [0.1, 0.15) is 38.9 Å². The maximum atomic E-state index is 11.8. The molecule has 0 bridgehead atoms. The molecule has 1 aromatic carbocycles. The monoisotopic (exact) mass is 279 g/mol. The zero-order chi connectivity index (χ0) is 15.2. The molecule has 0 spiro atoms. The summed E-state index contributed by atoms with van der Waals surface area (Å²) in [5, 5.41) is 2.92. The van der Waals surface area contributed by atoms with E-state index in [0.29, 0.717) is 13.0 Å². The van der Waals surface area contributed by atoms with Gasteiger partial charge >= 0.3 is 0 Å². The fourth-order valence-corrected chi connectivity index (χ4v) is 1.93. The molecule has 0 aromatic heterocycles. The van der Waals surface area contributed by atoms with Gasteiger partial charge in [-0.15, -0.1) is 0 Å². The highest BCUT2D eigenvalue weighted by Crippen LogP contribution is 2.22. The molecule has 4 heteroatoms. The van der Waals surface area contributed by atoms with Crippen LogP contribution in [0.3, 0.4) is 0 Å². The van der Waals surface area contributed by atoms with Crippen molar-refractivity contribution in [1.29, 1.82) is 0 Å². The minimum absolute atomic E-state index is 0.0113. The molecule has 0 aliphatic rings. The highest BCUT2D eigenvalue weighted by Gasteiger charge is 2.18. The Morgan fingerprint density at radius 1 is 1.30 bits per heavy atom. The van der Waals surface area contributed by atoms with Gasteiger partial charge in [0.2, 0.25) is 5.91 Å². The molecule has 0 aliphatic carbocycles. The number of rotatable bonds is 6. The third-order valence-corrected chi connectivity index (χ3v) is 2.93. The molecule has 4 nitrogen and oxygen atoms in total. The Bertz CT molecular complexity index is 438. The second kappa shape index (κ2) is 7.29. The van der Waals surface area contributed by atoms with E-state index in [9.17, 15) is 4.79 Å². The predicted octanol–water partition coefficient (Wildman–Crippen LogP) is 2.94. The fraction of sp³-hybridized carbons (Fsp3) is 0.562. The van der Waals surface area contributed by atoms with E-state index in [1.165, 1.54) is 0 Å². The number of hydrogen-bond acceptors (Lipinski definition) is 3. The van der Waals surface area contributed by atoms with Gasteiger partial charge in [0.05, 0.1) is 13.2 Å². The second-order valence-corrected chi connectivity index (χ2v) is 6.04. The van der Waals surface area contributed by atoms with Crippen LogP contribution in [0.4, 0.5) is 0 Å². The van der Waals surface area contributed by atoms with Crippen molar-refractivity contribution in [2.24, 2.45) is 5.41 Å². The summed E-state index contributed by atoms with van der Waals surface area (Å²) in [6.45, 7) is 6.59. The Kier molecular flexibility index (Phi) is 6.02. The second-order valence-electron chi connectivity index (χ2n) is 6.04. The lowest BCUT2D eigenvalue weighted by Crippen LogP contribution is -2.31. The van der Waals surface area contributed by atoms with Crippen LogP contribution in [0.15, 0.2) is 24.3 Å². The minimum Gasteiger partial charge on any atom is -0.497 e. The molecule has 0 heterocycles. The average molecular weight is 279 g/mol. The summed E-state index contributed by atoms with van der Waals surface area (Å²) in [5.41, 5.74) is 0.978. The van der Waals surface area contributed by atoms with E-state index in [4.69, 9.17) is 9.47 Å². The number of carbonyl (C=O) groups is 1. The fourth-order valence-electron chi connectivity index (χ4n) is 1.93. The number of nitrogens with one attached hydrogen (secondary N) is 1. The first-order valence-corrected chi connectivity index (χ1v) is 6.79. The highest BCUT2D eigenvalue weighted by molar-refractivity contribution is 5.76. The number of benzene rings is 1. The molecule has 0 saturated heterocycles. The Hall–Kier alpha value is -1.55. The molecule has 0 fully saturated rings. The van der Waals surface area contributed by atoms with Crippen LogP contribution in [-0.4, -0.2) is 26.7 Å². The molecule has 0 aliphatic heterocycles. The zero-order valence-electron chi connectivity index (χ0n) is 13.0. The van der Waals surface area contributed by atoms with Crippen LogP contribution >= 0.6 is 0 Å². The van der Waals surface area contributed by atoms with Crippen molar-refractivity contribution < 1.29 is 14.3 Å². The average Bonchev–Trinajstić information content (AvgIpc) is 2.37. The van der Waals surface area contributed by atoms with Crippen LogP contribution in [0, 0.1) is 5.41 Å². The van der Waals surface area contributed by atoms with Crippen LogP contribution in [0.2, 0.25) is 0 Å². The summed E-state index contributed by atoms with van der Waals surface area (Å²) in [7, 11) is 3.27. The summed E-state index contributed by atoms with van der Waals surface area (Å²) in [4.78, 5) is 11.8. The Labute approximate surface area is 121 Å². The van der Waals surface area contributed by atoms with Gasteiger partial charge in [-0.25, -0.2) is 0 Å². The van der Waals surface area contributed by atoms with Gasteiger partial charge in [0.1, 0.15) is 5.75 Å². The van der Waals surface area contributed by atoms with E-state index in [1.54, 1.807) is 14.2 Å². The first kappa shape index (κ1) is 16.5. The number of carbonyl (C=O) groups excluding carboxylic acids is 1. The molecule has 1 atom stereocenters. The van der Waals surface area contributed by atoms with E-state index in [0.717, 1.165) is 11.3 Å². The number of methoxy groups -OCH3 is 2. The van der Waals surface area contributed by atoms with E-state index < -0.39 is 0 Å². The van der Waals surface area contributed by atoms with E-state index in [1.807, 2.05) is 45.0 Å². The summed E-state index contributed by atoms with van der Waals surface area (Å²) < 4.78 is 10.6. The van der Waals surface area contributed by atoms with Gasteiger partial charge in [-0.05, 0) is 23.1 Å². The molecule has 20 heavy (non-hydrogen) atoms. The number of ether oxygens (including phenoxy) is 2. The summed E-state index contributed by atoms with van der Waals surface area (Å²) in [6.07, 6.45) is 0.329. The molecular formula is C16H25NO3. The molecule has 1 N–H and O–H groups in total. The van der Waals surface area contributed by atoms with Gasteiger partial charge in [-0.1, -0.05) is 32.9 Å². The van der Waals surface area contributed by atoms with Gasteiger partial charge in [0, 0.05) is 20.1 Å². The standard InChI is InChI=1S/C16H25NO3/c1-16(2,3)10-15(18)17-11-14(20-5)12-7-6-8-13(9-12)19-4/h6-9,14H,10-11H2,1-5H3,(H,17,18). The van der Waals surface area contributed by atoms with Gasteiger partial charge in [0.25, 0.3) is 0 Å². The van der Waals surface area contributed by atoms with E-state index in [2.05, 4.69) is 5.32 Å². The summed E-state index contributed by atoms with van der Waals surface area (Å²) in [6, 6.07) is 7.68. The zero-order valence-corrected chi connectivity index (χ0v) is 13.0. The Balaban J connectivity index is 2.61. The summed E-state index contributed by atoms with van der Waals surface area (Å²) >= 11 is 0. The Morgan fingerprint density at radius 2 is 2.00 bits per heavy atom. The van der Waals surface area contributed by atoms with Crippen molar-refractivity contribution in [1.82, 2.24) is 5.32 Å². The highest BCUT2D eigenvalue weighted by atomic mass is 16.5. The predicted molar refractivity (Wildman–Crippen MR) is 79.8 cm³/mol. The van der Waals surface area contributed by atoms with E-state index >= 15 is 0 Å². The van der Waals surface area contributed by atoms with Crippen LogP contribution in [0.5, 0.6) is 5.75 Å². The number of amides is 1. The molecule has 1 rings (SSSR count). The first-order valence-electron chi connectivity index (χ1n) is 6.79. The van der Waals surface area contributed by atoms with Gasteiger partial charge in [-0.3, -0.25) is 4.79 Å². The largest absolute Gasteiger partial charge is 0.497 e. The van der Waals surface area contributed by atoms with Gasteiger partial charge in [0.15, 0.2) is 0 Å². The van der Waals surface area contributed by atoms with Crippen LogP contribution in [0.25, 0.3) is 0 Å². The normalized spacial score (nSPS) is 12.8. The van der Waals surface area contributed by atoms with Crippen molar-refractivity contribution in [3.63, 3.8) is 0 Å². The maximum absolute atomic E-state index is 11.8. The lowest BCUT2D eigenvalue weighted by atomic mass is 9.92. The minimum atomic E-state index is -0.172. The number of hydrogen-bond donors (Lipinski definition) is 1. The quantitative estimate of drug-likeness (QED) is 0.871. The SMILES string of the molecule is COc1cccc(C(CNC(=O)CC(C)(C)C)OC)c1. The molecular weight excluding hydrogens is 254 g/mol. The van der Waals surface area contributed by atoms with Crippen LogP contribution in [-0.2, 0) is 9.53 Å². The van der Waals surface area contributed by atoms with Crippen molar-refractivity contribution in [2.45, 2.75) is 33.3 Å². The molecule has 1 amide bonds.